The zero-order valence-corrected chi connectivity index (χ0v) is 8.26. The van der Waals surface area contributed by atoms with Crippen molar-refractivity contribution >= 4 is 5.69 Å². The van der Waals surface area contributed by atoms with Crippen molar-refractivity contribution in [2.45, 2.75) is 6.61 Å². The van der Waals surface area contributed by atoms with Gasteiger partial charge in [0.25, 0.3) is 0 Å². The van der Waals surface area contributed by atoms with Crippen LogP contribution in [0.15, 0.2) is 54.9 Å². The fourth-order valence-electron chi connectivity index (χ4n) is 1.20. The molecule has 3 nitrogen and oxygen atoms in total. The highest BCUT2D eigenvalue weighted by atomic mass is 16.6. The van der Waals surface area contributed by atoms with Crippen LogP contribution in [-0.2, 0) is 11.4 Å². The molecule has 0 radical (unpaired) electrons. The van der Waals surface area contributed by atoms with Crippen molar-refractivity contribution in [3.05, 3.63) is 60.4 Å². The van der Waals surface area contributed by atoms with Crippen LogP contribution in [0.5, 0.6) is 0 Å². The molecule has 0 unspecified atom stereocenters. The zero-order chi connectivity index (χ0) is 10.3. The third kappa shape index (κ3) is 3.07. The fraction of sp³-hybridized carbons (Fsp3) is 0.0833. The van der Waals surface area contributed by atoms with Crippen LogP contribution in [0.25, 0.3) is 0 Å². The van der Waals surface area contributed by atoms with Crippen molar-refractivity contribution in [3.63, 3.8) is 0 Å². The Morgan fingerprint density at radius 1 is 1.07 bits per heavy atom. The summed E-state index contributed by atoms with van der Waals surface area (Å²) in [5.74, 6) is 0. The van der Waals surface area contributed by atoms with Crippen molar-refractivity contribution in [1.82, 2.24) is 4.98 Å². The van der Waals surface area contributed by atoms with Gasteiger partial charge in [0.15, 0.2) is 0 Å². The van der Waals surface area contributed by atoms with Gasteiger partial charge >= 0.3 is 0 Å². The molecular weight excluding hydrogens is 188 g/mol. The molecule has 76 valence electrons. The van der Waals surface area contributed by atoms with E-state index in [1.54, 1.807) is 12.4 Å². The van der Waals surface area contributed by atoms with Crippen LogP contribution in [-0.4, -0.2) is 4.98 Å². The molecule has 2 aromatic rings. The smallest absolute Gasteiger partial charge is 0.0996 e. The predicted molar refractivity (Wildman–Crippen MR) is 59.1 cm³/mol. The molecule has 0 fully saturated rings. The van der Waals surface area contributed by atoms with E-state index >= 15 is 0 Å². The summed E-state index contributed by atoms with van der Waals surface area (Å²) in [5.41, 5.74) is 4.82. The summed E-state index contributed by atoms with van der Waals surface area (Å²) in [6.07, 6.45) is 3.44. The Bertz CT molecular complexity index is 349. The highest BCUT2D eigenvalue weighted by Crippen LogP contribution is 2.05. The Balaban J connectivity index is 1.81. The van der Waals surface area contributed by atoms with Crippen LogP contribution in [0.1, 0.15) is 5.56 Å². The van der Waals surface area contributed by atoms with E-state index in [-0.39, 0.29) is 0 Å². The van der Waals surface area contributed by atoms with Gasteiger partial charge in [0.1, 0.15) is 0 Å². The lowest BCUT2D eigenvalue weighted by molar-refractivity contribution is 0.180. The predicted octanol–water partition coefficient (Wildman–Crippen LogP) is 2.63. The van der Waals surface area contributed by atoms with Gasteiger partial charge in [0.2, 0.25) is 0 Å². The van der Waals surface area contributed by atoms with E-state index in [1.807, 2.05) is 42.5 Å². The molecule has 0 atom stereocenters. The lowest BCUT2D eigenvalue weighted by atomic mass is 10.2. The Hall–Kier alpha value is -1.87. The second-order valence-electron chi connectivity index (χ2n) is 3.12. The number of nitrogens with zero attached hydrogens (tertiary/aromatic N) is 1. The van der Waals surface area contributed by atoms with Crippen LogP contribution >= 0.6 is 0 Å². The molecule has 2 rings (SSSR count). The lowest BCUT2D eigenvalue weighted by Crippen LogP contribution is -2.01. The quantitative estimate of drug-likeness (QED) is 0.770. The maximum absolute atomic E-state index is 5.32. The highest BCUT2D eigenvalue weighted by Gasteiger charge is 1.92. The maximum Gasteiger partial charge on any atom is 0.0996 e. The van der Waals surface area contributed by atoms with E-state index in [0.29, 0.717) is 6.61 Å². The topological polar surface area (TPSA) is 34.1 Å². The Morgan fingerprint density at radius 3 is 2.67 bits per heavy atom. The van der Waals surface area contributed by atoms with E-state index in [9.17, 15) is 0 Å². The zero-order valence-electron chi connectivity index (χ0n) is 8.26. The average molecular weight is 200 g/mol. The van der Waals surface area contributed by atoms with E-state index in [1.165, 1.54) is 0 Å². The molecule has 0 saturated carbocycles. The van der Waals surface area contributed by atoms with Crippen molar-refractivity contribution in [2.75, 3.05) is 5.48 Å². The number of pyridine rings is 1. The van der Waals surface area contributed by atoms with Crippen LogP contribution in [0.3, 0.4) is 0 Å². The number of hydrogen-bond donors (Lipinski definition) is 1. The normalized spacial score (nSPS) is 9.87. The van der Waals surface area contributed by atoms with Crippen molar-refractivity contribution in [3.8, 4) is 0 Å². The molecule has 3 heteroatoms. The van der Waals surface area contributed by atoms with Crippen LogP contribution in [0.4, 0.5) is 5.69 Å². The van der Waals surface area contributed by atoms with Gasteiger partial charge in [-0.1, -0.05) is 30.3 Å². The first kappa shape index (κ1) is 9.68. The number of rotatable bonds is 4. The first-order valence-corrected chi connectivity index (χ1v) is 4.77. The summed E-state index contributed by atoms with van der Waals surface area (Å²) in [6, 6.07) is 13.8. The molecule has 0 saturated heterocycles. The number of anilines is 1. The molecule has 1 N–H and O–H groups in total. The van der Waals surface area contributed by atoms with Gasteiger partial charge in [-0.2, -0.15) is 0 Å². The van der Waals surface area contributed by atoms with Crippen molar-refractivity contribution in [1.29, 1.82) is 0 Å². The monoisotopic (exact) mass is 200 g/mol. The minimum atomic E-state index is 0.537. The largest absolute Gasteiger partial charge is 0.271 e. The van der Waals surface area contributed by atoms with Crippen molar-refractivity contribution in [2.24, 2.45) is 0 Å². The van der Waals surface area contributed by atoms with Gasteiger partial charge in [-0.05, 0) is 17.7 Å². The minimum absolute atomic E-state index is 0.537. The molecule has 0 spiro atoms. The van der Waals surface area contributed by atoms with E-state index in [0.717, 1.165) is 11.3 Å². The van der Waals surface area contributed by atoms with Crippen LogP contribution < -0.4 is 5.48 Å². The van der Waals surface area contributed by atoms with Gasteiger partial charge in [-0.15, -0.1) is 0 Å². The van der Waals surface area contributed by atoms with Gasteiger partial charge in [-0.25, -0.2) is 0 Å². The summed E-state index contributed by atoms with van der Waals surface area (Å²) in [4.78, 5) is 9.28. The fourth-order valence-corrected chi connectivity index (χ4v) is 1.20. The third-order valence-electron chi connectivity index (χ3n) is 1.93. The summed E-state index contributed by atoms with van der Waals surface area (Å²) < 4.78 is 0. The average Bonchev–Trinajstić information content (AvgIpc) is 2.32. The SMILES string of the molecule is c1ccc(CONc2cccnc2)cc1. The summed E-state index contributed by atoms with van der Waals surface area (Å²) in [5, 5.41) is 0. The summed E-state index contributed by atoms with van der Waals surface area (Å²) >= 11 is 0. The standard InChI is InChI=1S/C12H12N2O/c1-2-5-11(6-3-1)10-15-14-12-7-4-8-13-9-12/h1-9,14H,10H2. The van der Waals surface area contributed by atoms with Gasteiger partial charge < -0.3 is 0 Å². The molecule has 0 aliphatic rings. The number of nitrogens with one attached hydrogen (secondary N) is 1. The Morgan fingerprint density at radius 2 is 1.93 bits per heavy atom. The number of aromatic nitrogens is 1. The molecule has 15 heavy (non-hydrogen) atoms. The van der Waals surface area contributed by atoms with Crippen LogP contribution in [0, 0.1) is 0 Å². The molecule has 0 aliphatic carbocycles. The van der Waals surface area contributed by atoms with Gasteiger partial charge in [-0.3, -0.25) is 15.3 Å². The first-order valence-electron chi connectivity index (χ1n) is 4.77. The minimum Gasteiger partial charge on any atom is -0.271 e. The Kier molecular flexibility index (Phi) is 3.30. The third-order valence-corrected chi connectivity index (χ3v) is 1.93. The summed E-state index contributed by atoms with van der Waals surface area (Å²) in [6.45, 7) is 0.537. The first-order chi connectivity index (χ1) is 7.45. The molecule has 1 aromatic heterocycles. The number of benzene rings is 1. The molecule has 1 aromatic carbocycles. The maximum atomic E-state index is 5.32. The molecule has 0 bridgehead atoms. The number of hydrogen-bond acceptors (Lipinski definition) is 3. The molecular formula is C12H12N2O. The van der Waals surface area contributed by atoms with E-state index in [4.69, 9.17) is 4.84 Å². The van der Waals surface area contributed by atoms with Gasteiger partial charge in [0.05, 0.1) is 18.5 Å². The molecule has 1 heterocycles. The van der Waals surface area contributed by atoms with E-state index in [2.05, 4.69) is 10.5 Å². The second-order valence-corrected chi connectivity index (χ2v) is 3.12. The molecule has 0 amide bonds. The van der Waals surface area contributed by atoms with E-state index < -0.39 is 0 Å². The highest BCUT2D eigenvalue weighted by molar-refractivity contribution is 5.36. The van der Waals surface area contributed by atoms with Crippen LogP contribution in [0.2, 0.25) is 0 Å². The van der Waals surface area contributed by atoms with Crippen molar-refractivity contribution < 1.29 is 4.84 Å². The molecule has 0 aliphatic heterocycles. The summed E-state index contributed by atoms with van der Waals surface area (Å²) in [7, 11) is 0. The van der Waals surface area contributed by atoms with Gasteiger partial charge in [0, 0.05) is 6.20 Å². The lowest BCUT2D eigenvalue weighted by Gasteiger charge is -2.05. The Labute approximate surface area is 88.7 Å². The second kappa shape index (κ2) is 5.12.